The van der Waals surface area contributed by atoms with Crippen LogP contribution in [0, 0.1) is 5.82 Å². The predicted octanol–water partition coefficient (Wildman–Crippen LogP) is 3.13. The molecule has 1 aliphatic rings. The molecule has 1 unspecified atom stereocenters. The maximum absolute atomic E-state index is 13.3. The van der Waals surface area contributed by atoms with Gasteiger partial charge in [-0.1, -0.05) is 6.07 Å². The number of hydrogen-bond donors (Lipinski definition) is 1. The second kappa shape index (κ2) is 4.90. The van der Waals surface area contributed by atoms with Crippen LogP contribution in [-0.2, 0) is 0 Å². The smallest absolute Gasteiger partial charge is 0.129 e. The van der Waals surface area contributed by atoms with Gasteiger partial charge in [0.25, 0.3) is 0 Å². The zero-order chi connectivity index (χ0) is 14.3. The second-order valence-electron chi connectivity index (χ2n) is 5.48. The van der Waals surface area contributed by atoms with E-state index in [-0.39, 0.29) is 18.0 Å². The average molecular weight is 275 g/mol. The summed E-state index contributed by atoms with van der Waals surface area (Å²) in [4.78, 5) is 0. The topological polar surface area (TPSA) is 53.1 Å². The van der Waals surface area contributed by atoms with Crippen molar-refractivity contribution >= 4 is 0 Å². The van der Waals surface area contributed by atoms with Crippen LogP contribution in [0.5, 0.6) is 5.75 Å². The van der Waals surface area contributed by atoms with Gasteiger partial charge in [-0.15, -0.1) is 0 Å². The number of ether oxygens (including phenoxy) is 1. The SMILES string of the molecule is CC(C)n1cc(C2C[C@@H](N)c3ccc(F)cc3O2)cn1. The van der Waals surface area contributed by atoms with E-state index in [1.807, 2.05) is 10.9 Å². The highest BCUT2D eigenvalue weighted by Gasteiger charge is 2.28. The first-order valence-corrected chi connectivity index (χ1v) is 6.80. The predicted molar refractivity (Wildman–Crippen MR) is 73.9 cm³/mol. The molecule has 4 nitrogen and oxygen atoms in total. The Morgan fingerprint density at radius 1 is 1.45 bits per heavy atom. The van der Waals surface area contributed by atoms with Crippen molar-refractivity contribution < 1.29 is 9.13 Å². The van der Waals surface area contributed by atoms with Gasteiger partial charge in [0.15, 0.2) is 0 Å². The molecule has 2 atom stereocenters. The lowest BCUT2D eigenvalue weighted by Crippen LogP contribution is -2.24. The summed E-state index contributed by atoms with van der Waals surface area (Å²) in [6.45, 7) is 4.13. The lowest BCUT2D eigenvalue weighted by atomic mass is 9.95. The van der Waals surface area contributed by atoms with Crippen LogP contribution in [0.4, 0.5) is 4.39 Å². The fourth-order valence-corrected chi connectivity index (χ4v) is 2.48. The third kappa shape index (κ3) is 2.29. The first-order valence-electron chi connectivity index (χ1n) is 6.80. The highest BCUT2D eigenvalue weighted by Crippen LogP contribution is 2.39. The molecule has 0 aliphatic carbocycles. The third-order valence-electron chi connectivity index (χ3n) is 3.63. The number of nitrogens with two attached hydrogens (primary N) is 1. The fraction of sp³-hybridized carbons (Fsp3) is 0.400. The van der Waals surface area contributed by atoms with Crippen molar-refractivity contribution in [2.24, 2.45) is 5.73 Å². The van der Waals surface area contributed by atoms with Gasteiger partial charge in [0, 0.05) is 41.9 Å². The van der Waals surface area contributed by atoms with E-state index in [1.165, 1.54) is 12.1 Å². The molecule has 1 aromatic heterocycles. The first kappa shape index (κ1) is 13.1. The van der Waals surface area contributed by atoms with E-state index in [0.717, 1.165) is 11.1 Å². The normalized spacial score (nSPS) is 21.6. The fourth-order valence-electron chi connectivity index (χ4n) is 2.48. The lowest BCUT2D eigenvalue weighted by Gasteiger charge is -2.29. The summed E-state index contributed by atoms with van der Waals surface area (Å²) in [6.07, 6.45) is 4.25. The molecule has 1 aromatic carbocycles. The molecule has 2 aromatic rings. The number of aromatic nitrogens is 2. The molecule has 106 valence electrons. The van der Waals surface area contributed by atoms with Crippen molar-refractivity contribution in [3.63, 3.8) is 0 Å². The number of hydrogen-bond acceptors (Lipinski definition) is 3. The molecule has 2 N–H and O–H groups in total. The Hall–Kier alpha value is -1.88. The van der Waals surface area contributed by atoms with Crippen LogP contribution in [0.2, 0.25) is 0 Å². The van der Waals surface area contributed by atoms with Gasteiger partial charge in [0.05, 0.1) is 6.20 Å². The van der Waals surface area contributed by atoms with Gasteiger partial charge >= 0.3 is 0 Å². The van der Waals surface area contributed by atoms with Crippen LogP contribution >= 0.6 is 0 Å². The number of halogens is 1. The number of nitrogens with zero attached hydrogens (tertiary/aromatic N) is 2. The van der Waals surface area contributed by atoms with Crippen molar-refractivity contribution in [1.82, 2.24) is 9.78 Å². The Bertz CT molecular complexity index is 623. The Labute approximate surface area is 117 Å². The van der Waals surface area contributed by atoms with E-state index in [0.29, 0.717) is 18.2 Å². The zero-order valence-electron chi connectivity index (χ0n) is 11.6. The minimum atomic E-state index is -0.311. The first-order chi connectivity index (χ1) is 9.54. The van der Waals surface area contributed by atoms with Crippen LogP contribution < -0.4 is 10.5 Å². The largest absolute Gasteiger partial charge is 0.485 e. The molecular formula is C15H18FN3O. The molecule has 5 heteroatoms. The van der Waals surface area contributed by atoms with E-state index in [1.54, 1.807) is 12.3 Å². The average Bonchev–Trinajstić information content (AvgIpc) is 2.87. The second-order valence-corrected chi connectivity index (χ2v) is 5.48. The number of benzene rings is 1. The van der Waals surface area contributed by atoms with E-state index >= 15 is 0 Å². The van der Waals surface area contributed by atoms with Gasteiger partial charge in [-0.05, 0) is 19.9 Å². The quantitative estimate of drug-likeness (QED) is 0.916. The maximum atomic E-state index is 13.3. The van der Waals surface area contributed by atoms with Crippen molar-refractivity contribution in [3.05, 3.63) is 47.5 Å². The molecule has 0 saturated heterocycles. The minimum Gasteiger partial charge on any atom is -0.485 e. The van der Waals surface area contributed by atoms with E-state index in [4.69, 9.17) is 10.5 Å². The van der Waals surface area contributed by atoms with Gasteiger partial charge < -0.3 is 10.5 Å². The van der Waals surface area contributed by atoms with Crippen LogP contribution in [0.15, 0.2) is 30.6 Å². The molecule has 0 spiro atoms. The van der Waals surface area contributed by atoms with Gasteiger partial charge in [-0.3, -0.25) is 4.68 Å². The summed E-state index contributed by atoms with van der Waals surface area (Å²) >= 11 is 0. The monoisotopic (exact) mass is 275 g/mol. The molecule has 0 amide bonds. The summed E-state index contributed by atoms with van der Waals surface area (Å²) in [5.41, 5.74) is 8.00. The molecule has 0 fully saturated rings. The number of rotatable bonds is 2. The van der Waals surface area contributed by atoms with Gasteiger partial charge in [0.1, 0.15) is 17.7 Å². The number of fused-ring (bicyclic) bond motifs is 1. The molecule has 0 radical (unpaired) electrons. The van der Waals surface area contributed by atoms with Crippen LogP contribution in [0.25, 0.3) is 0 Å². The summed E-state index contributed by atoms with van der Waals surface area (Å²) in [7, 11) is 0. The van der Waals surface area contributed by atoms with Crippen molar-refractivity contribution in [1.29, 1.82) is 0 Å². The van der Waals surface area contributed by atoms with Crippen molar-refractivity contribution in [2.75, 3.05) is 0 Å². The van der Waals surface area contributed by atoms with Gasteiger partial charge in [-0.25, -0.2) is 4.39 Å². The molecule has 1 aliphatic heterocycles. The van der Waals surface area contributed by atoms with E-state index in [9.17, 15) is 4.39 Å². The van der Waals surface area contributed by atoms with Crippen LogP contribution in [0.1, 0.15) is 49.6 Å². The highest BCUT2D eigenvalue weighted by molar-refractivity contribution is 5.39. The van der Waals surface area contributed by atoms with E-state index < -0.39 is 0 Å². The minimum absolute atomic E-state index is 0.147. The molecule has 0 bridgehead atoms. The lowest BCUT2D eigenvalue weighted by molar-refractivity contribution is 0.160. The molecular weight excluding hydrogens is 257 g/mol. The maximum Gasteiger partial charge on any atom is 0.129 e. The Morgan fingerprint density at radius 2 is 2.25 bits per heavy atom. The zero-order valence-corrected chi connectivity index (χ0v) is 11.6. The van der Waals surface area contributed by atoms with Crippen molar-refractivity contribution in [2.45, 2.75) is 38.5 Å². The van der Waals surface area contributed by atoms with Crippen LogP contribution in [0.3, 0.4) is 0 Å². The van der Waals surface area contributed by atoms with Crippen LogP contribution in [-0.4, -0.2) is 9.78 Å². The van der Waals surface area contributed by atoms with Gasteiger partial charge in [-0.2, -0.15) is 5.10 Å². The standard InChI is InChI=1S/C15H18FN3O/c1-9(2)19-8-10(7-18-19)14-6-13(17)12-4-3-11(16)5-15(12)20-14/h3-5,7-9,13-14H,6,17H2,1-2H3/t13-,14?/m1/s1. The molecule has 2 heterocycles. The highest BCUT2D eigenvalue weighted by atomic mass is 19.1. The van der Waals surface area contributed by atoms with Crippen molar-refractivity contribution in [3.8, 4) is 5.75 Å². The summed E-state index contributed by atoms with van der Waals surface area (Å²) in [5.74, 6) is 0.223. The summed E-state index contributed by atoms with van der Waals surface area (Å²) < 4.78 is 21.1. The Kier molecular flexibility index (Phi) is 3.22. The molecule has 0 saturated carbocycles. The molecule has 20 heavy (non-hydrogen) atoms. The van der Waals surface area contributed by atoms with Gasteiger partial charge in [0.2, 0.25) is 0 Å². The summed E-state index contributed by atoms with van der Waals surface area (Å²) in [6, 6.07) is 4.66. The Balaban J connectivity index is 1.90. The Morgan fingerprint density at radius 3 is 2.95 bits per heavy atom. The van der Waals surface area contributed by atoms with E-state index in [2.05, 4.69) is 18.9 Å². The third-order valence-corrected chi connectivity index (χ3v) is 3.63. The molecule has 3 rings (SSSR count). The summed E-state index contributed by atoms with van der Waals surface area (Å²) in [5, 5.41) is 4.31.